The number of nitrogens with two attached hydrogens (primary N) is 1. The molecule has 3 aliphatic rings. The van der Waals surface area contributed by atoms with Crippen molar-refractivity contribution in [1.82, 2.24) is 10.6 Å². The molecule has 3 heterocycles. The Bertz CT molecular complexity index is 384. The number of aliphatic imine (C=N–C) groups is 3. The van der Waals surface area contributed by atoms with Crippen LogP contribution in [0.3, 0.4) is 0 Å². The summed E-state index contributed by atoms with van der Waals surface area (Å²) in [5.74, 6) is 1.54. The van der Waals surface area contributed by atoms with Crippen LogP contribution in [0.15, 0.2) is 15.0 Å². The molecule has 0 saturated heterocycles. The molecule has 0 fully saturated rings. The standard InChI is InChI=1S/C9H14N6/c1-9-3-12-7-5(2-11-8(10)15-7)6(9)13-4-14-9/h4-6H,2-3H2,1H3,(H,13,14)(H3,10,11,12,15). The number of hydrogen-bond donors (Lipinski definition) is 3. The van der Waals surface area contributed by atoms with E-state index < -0.39 is 0 Å². The van der Waals surface area contributed by atoms with E-state index in [1.807, 2.05) is 0 Å². The van der Waals surface area contributed by atoms with Crippen LogP contribution in [0.5, 0.6) is 0 Å². The minimum atomic E-state index is -0.0442. The Hall–Kier alpha value is -1.59. The number of nitrogens with zero attached hydrogens (tertiary/aromatic N) is 3. The highest BCUT2D eigenvalue weighted by Gasteiger charge is 2.47. The van der Waals surface area contributed by atoms with Crippen molar-refractivity contribution in [1.29, 1.82) is 0 Å². The van der Waals surface area contributed by atoms with Crippen molar-refractivity contribution in [3.63, 3.8) is 0 Å². The van der Waals surface area contributed by atoms with E-state index in [1.165, 1.54) is 0 Å². The first-order valence-corrected chi connectivity index (χ1v) is 5.11. The van der Waals surface area contributed by atoms with Gasteiger partial charge in [0.25, 0.3) is 0 Å². The van der Waals surface area contributed by atoms with Gasteiger partial charge in [-0.2, -0.15) is 0 Å². The molecule has 3 atom stereocenters. The van der Waals surface area contributed by atoms with Crippen LogP contribution in [0.4, 0.5) is 0 Å². The molecular weight excluding hydrogens is 192 g/mol. The maximum atomic E-state index is 5.62. The third-order valence-corrected chi connectivity index (χ3v) is 3.30. The fourth-order valence-electron chi connectivity index (χ4n) is 2.40. The average Bonchev–Trinajstić information content (AvgIpc) is 2.60. The van der Waals surface area contributed by atoms with Crippen molar-refractivity contribution in [3.8, 4) is 0 Å². The van der Waals surface area contributed by atoms with Gasteiger partial charge in [0.2, 0.25) is 0 Å². The molecule has 80 valence electrons. The van der Waals surface area contributed by atoms with Crippen LogP contribution >= 0.6 is 0 Å². The highest BCUT2D eigenvalue weighted by Crippen LogP contribution is 2.30. The van der Waals surface area contributed by atoms with Crippen LogP contribution in [0.2, 0.25) is 0 Å². The van der Waals surface area contributed by atoms with Gasteiger partial charge < -0.3 is 16.4 Å². The zero-order valence-electron chi connectivity index (χ0n) is 8.57. The maximum Gasteiger partial charge on any atom is 0.195 e. The summed E-state index contributed by atoms with van der Waals surface area (Å²) in [7, 11) is 0. The highest BCUT2D eigenvalue weighted by atomic mass is 15.2. The van der Waals surface area contributed by atoms with Crippen molar-refractivity contribution in [3.05, 3.63) is 0 Å². The van der Waals surface area contributed by atoms with Gasteiger partial charge in [0.05, 0.1) is 30.4 Å². The van der Waals surface area contributed by atoms with Gasteiger partial charge in [-0.05, 0) is 6.92 Å². The van der Waals surface area contributed by atoms with Crippen molar-refractivity contribution < 1.29 is 0 Å². The molecule has 0 radical (unpaired) electrons. The fraction of sp³-hybridized carbons (Fsp3) is 0.667. The number of guanidine groups is 1. The normalized spacial score (nSPS) is 41.9. The molecule has 3 unspecified atom stereocenters. The highest BCUT2D eigenvalue weighted by molar-refractivity contribution is 6.00. The monoisotopic (exact) mass is 206 g/mol. The summed E-state index contributed by atoms with van der Waals surface area (Å²) in [6, 6.07) is 0.217. The maximum absolute atomic E-state index is 5.62. The number of amidine groups is 1. The first-order chi connectivity index (χ1) is 7.19. The first-order valence-electron chi connectivity index (χ1n) is 5.11. The molecule has 0 aliphatic carbocycles. The molecule has 0 amide bonds. The fourth-order valence-corrected chi connectivity index (χ4v) is 2.40. The molecule has 15 heavy (non-hydrogen) atoms. The summed E-state index contributed by atoms with van der Waals surface area (Å²) in [6.07, 6.45) is 1.78. The summed E-state index contributed by atoms with van der Waals surface area (Å²) in [6.45, 7) is 3.63. The first kappa shape index (κ1) is 8.70. The quantitative estimate of drug-likeness (QED) is 0.460. The second kappa shape index (κ2) is 2.71. The second-order valence-corrected chi connectivity index (χ2v) is 4.44. The van der Waals surface area contributed by atoms with E-state index >= 15 is 0 Å². The number of hydrogen-bond acceptors (Lipinski definition) is 6. The molecule has 0 aromatic heterocycles. The lowest BCUT2D eigenvalue weighted by molar-refractivity contribution is 0.309. The summed E-state index contributed by atoms with van der Waals surface area (Å²) in [4.78, 5) is 13.2. The van der Waals surface area contributed by atoms with E-state index in [2.05, 4.69) is 32.5 Å². The zero-order valence-corrected chi connectivity index (χ0v) is 8.57. The van der Waals surface area contributed by atoms with E-state index in [1.54, 1.807) is 6.34 Å². The Kier molecular flexibility index (Phi) is 1.57. The molecule has 0 saturated carbocycles. The minimum Gasteiger partial charge on any atom is -0.370 e. The van der Waals surface area contributed by atoms with Gasteiger partial charge >= 0.3 is 0 Å². The predicted octanol–water partition coefficient (Wildman–Crippen LogP) is -1.31. The molecule has 0 bridgehead atoms. The molecular formula is C9H14N6. The lowest BCUT2D eigenvalue weighted by Crippen LogP contribution is -2.59. The molecule has 3 rings (SSSR count). The molecule has 0 aromatic carbocycles. The Balaban J connectivity index is 1.99. The summed E-state index contributed by atoms with van der Waals surface area (Å²) in [5, 5.41) is 6.33. The number of rotatable bonds is 0. The smallest absolute Gasteiger partial charge is 0.195 e. The lowest BCUT2D eigenvalue weighted by Gasteiger charge is -2.39. The van der Waals surface area contributed by atoms with Crippen molar-refractivity contribution in [2.75, 3.05) is 13.1 Å². The van der Waals surface area contributed by atoms with Crippen molar-refractivity contribution >= 4 is 18.1 Å². The van der Waals surface area contributed by atoms with Gasteiger partial charge in [-0.1, -0.05) is 0 Å². The van der Waals surface area contributed by atoms with E-state index in [0.29, 0.717) is 12.5 Å². The zero-order chi connectivity index (χ0) is 10.5. The Morgan fingerprint density at radius 3 is 3.33 bits per heavy atom. The van der Waals surface area contributed by atoms with Gasteiger partial charge in [-0.15, -0.1) is 0 Å². The van der Waals surface area contributed by atoms with Gasteiger partial charge in [0.1, 0.15) is 5.84 Å². The molecule has 4 N–H and O–H groups in total. The van der Waals surface area contributed by atoms with Crippen LogP contribution in [0.25, 0.3) is 0 Å². The summed E-state index contributed by atoms with van der Waals surface area (Å²) in [5.41, 5.74) is 5.57. The lowest BCUT2D eigenvalue weighted by atomic mass is 9.80. The second-order valence-electron chi connectivity index (χ2n) is 4.44. The van der Waals surface area contributed by atoms with Gasteiger partial charge in [0, 0.05) is 6.54 Å². The third-order valence-electron chi connectivity index (χ3n) is 3.30. The average molecular weight is 206 g/mol. The Morgan fingerprint density at radius 2 is 2.47 bits per heavy atom. The van der Waals surface area contributed by atoms with Crippen molar-refractivity contribution in [2.24, 2.45) is 26.6 Å². The van der Waals surface area contributed by atoms with Crippen LogP contribution in [-0.2, 0) is 0 Å². The van der Waals surface area contributed by atoms with E-state index in [4.69, 9.17) is 5.73 Å². The van der Waals surface area contributed by atoms with E-state index in [-0.39, 0.29) is 17.5 Å². The van der Waals surface area contributed by atoms with Crippen molar-refractivity contribution in [2.45, 2.75) is 18.5 Å². The minimum absolute atomic E-state index is 0.0442. The Labute approximate surface area is 87.8 Å². The molecule has 0 spiro atoms. The SMILES string of the molecule is CC12CN=C3N=C(N)NCC3C1N=CN2. The molecule has 0 aromatic rings. The van der Waals surface area contributed by atoms with Gasteiger partial charge in [-0.3, -0.25) is 9.98 Å². The van der Waals surface area contributed by atoms with Crippen LogP contribution in [0.1, 0.15) is 6.92 Å². The Morgan fingerprint density at radius 1 is 1.60 bits per heavy atom. The summed E-state index contributed by atoms with van der Waals surface area (Å²) >= 11 is 0. The molecule has 3 aliphatic heterocycles. The largest absolute Gasteiger partial charge is 0.370 e. The third kappa shape index (κ3) is 1.14. The van der Waals surface area contributed by atoms with Gasteiger partial charge in [-0.25, -0.2) is 4.99 Å². The van der Waals surface area contributed by atoms with Crippen LogP contribution in [0, 0.1) is 5.92 Å². The molecule has 6 nitrogen and oxygen atoms in total. The van der Waals surface area contributed by atoms with Crippen LogP contribution in [-0.4, -0.2) is 42.8 Å². The van der Waals surface area contributed by atoms with Crippen LogP contribution < -0.4 is 16.4 Å². The van der Waals surface area contributed by atoms with Gasteiger partial charge in [0.15, 0.2) is 5.96 Å². The predicted molar refractivity (Wildman–Crippen MR) is 59.2 cm³/mol. The molecule has 6 heteroatoms. The summed E-state index contributed by atoms with van der Waals surface area (Å²) < 4.78 is 0. The topological polar surface area (TPSA) is 87.2 Å². The van der Waals surface area contributed by atoms with E-state index in [0.717, 1.165) is 12.4 Å². The van der Waals surface area contributed by atoms with E-state index in [9.17, 15) is 0 Å². The number of nitrogens with one attached hydrogen (secondary N) is 2. The number of fused-ring (bicyclic) bond motifs is 3.